The van der Waals surface area contributed by atoms with Crippen LogP contribution in [0.15, 0.2) is 24.5 Å². The van der Waals surface area contributed by atoms with E-state index in [0.717, 1.165) is 29.0 Å². The monoisotopic (exact) mass is 326 g/mol. The highest BCUT2D eigenvalue weighted by molar-refractivity contribution is 5.86. The van der Waals surface area contributed by atoms with Crippen LogP contribution in [-0.4, -0.2) is 37.9 Å². The number of nitrogens with one attached hydrogen (secondary N) is 1. The minimum atomic E-state index is 0.173. The van der Waals surface area contributed by atoms with Crippen LogP contribution in [0.4, 0.5) is 5.82 Å². The molecule has 0 aliphatic heterocycles. The molecule has 3 aromatic rings. The van der Waals surface area contributed by atoms with Crippen molar-refractivity contribution in [3.05, 3.63) is 41.6 Å². The van der Waals surface area contributed by atoms with Crippen molar-refractivity contribution in [1.29, 1.82) is 0 Å². The average Bonchev–Trinajstić information content (AvgIpc) is 2.92. The van der Waals surface area contributed by atoms with E-state index < -0.39 is 0 Å². The third-order valence-electron chi connectivity index (χ3n) is 3.91. The Hall–Kier alpha value is -2.54. The van der Waals surface area contributed by atoms with Gasteiger partial charge in [-0.1, -0.05) is 6.07 Å². The van der Waals surface area contributed by atoms with Gasteiger partial charge in [0.1, 0.15) is 12.4 Å². The Kier molecular flexibility index (Phi) is 4.71. The van der Waals surface area contributed by atoms with Crippen LogP contribution in [-0.2, 0) is 24.8 Å². The molecule has 0 aliphatic rings. The zero-order valence-corrected chi connectivity index (χ0v) is 14.4. The SMILES string of the molecule is COCc1nc(NC(C)Cc2ncccc2C)c2cnn(C)c2n1. The summed E-state index contributed by atoms with van der Waals surface area (Å²) in [6.07, 6.45) is 4.43. The first-order valence-corrected chi connectivity index (χ1v) is 7.93. The Morgan fingerprint density at radius 3 is 2.92 bits per heavy atom. The molecule has 0 fully saturated rings. The number of nitrogens with zero attached hydrogens (tertiary/aromatic N) is 5. The van der Waals surface area contributed by atoms with Crippen molar-refractivity contribution in [2.75, 3.05) is 12.4 Å². The van der Waals surface area contributed by atoms with E-state index in [2.05, 4.69) is 45.3 Å². The lowest BCUT2D eigenvalue weighted by Gasteiger charge is -2.16. The maximum absolute atomic E-state index is 5.17. The topological polar surface area (TPSA) is 77.8 Å². The van der Waals surface area contributed by atoms with Gasteiger partial charge in [0.15, 0.2) is 11.5 Å². The Bertz CT molecular complexity index is 844. The summed E-state index contributed by atoms with van der Waals surface area (Å²) in [6.45, 7) is 4.56. The van der Waals surface area contributed by atoms with E-state index in [-0.39, 0.29) is 6.04 Å². The predicted octanol–water partition coefficient (Wildman–Crippen LogP) is 2.26. The molecule has 7 nitrogen and oxygen atoms in total. The standard InChI is InChI=1S/C17H22N6O/c1-11-6-5-7-18-14(11)8-12(2)20-16-13-9-19-23(3)17(13)22-15(21-16)10-24-4/h5-7,9,12H,8,10H2,1-4H3,(H,20,21,22). The second kappa shape index (κ2) is 6.92. The molecule has 0 amide bonds. The van der Waals surface area contributed by atoms with Crippen molar-refractivity contribution in [3.63, 3.8) is 0 Å². The Morgan fingerprint density at radius 2 is 2.17 bits per heavy atom. The summed E-state index contributed by atoms with van der Waals surface area (Å²) in [5.41, 5.74) is 3.08. The highest BCUT2D eigenvalue weighted by Gasteiger charge is 2.14. The van der Waals surface area contributed by atoms with E-state index in [1.807, 2.05) is 19.3 Å². The summed E-state index contributed by atoms with van der Waals surface area (Å²) in [5.74, 6) is 1.42. The number of rotatable bonds is 6. The number of fused-ring (bicyclic) bond motifs is 1. The number of pyridine rings is 1. The third-order valence-corrected chi connectivity index (χ3v) is 3.91. The van der Waals surface area contributed by atoms with Gasteiger partial charge in [0, 0.05) is 38.5 Å². The molecular weight excluding hydrogens is 304 g/mol. The van der Waals surface area contributed by atoms with Gasteiger partial charge >= 0.3 is 0 Å². The number of hydrogen-bond donors (Lipinski definition) is 1. The van der Waals surface area contributed by atoms with Gasteiger partial charge in [-0.05, 0) is 25.5 Å². The molecule has 0 spiro atoms. The number of methoxy groups -OCH3 is 1. The fourth-order valence-electron chi connectivity index (χ4n) is 2.68. The van der Waals surface area contributed by atoms with Crippen LogP contribution in [0.2, 0.25) is 0 Å². The van der Waals surface area contributed by atoms with Crippen LogP contribution in [0.25, 0.3) is 11.0 Å². The molecule has 1 unspecified atom stereocenters. The molecule has 3 rings (SSSR count). The highest BCUT2D eigenvalue weighted by Crippen LogP contribution is 2.21. The Morgan fingerprint density at radius 1 is 1.33 bits per heavy atom. The summed E-state index contributed by atoms with van der Waals surface area (Å²) >= 11 is 0. The van der Waals surface area contributed by atoms with Crippen LogP contribution in [0.1, 0.15) is 24.0 Å². The minimum absolute atomic E-state index is 0.173. The lowest BCUT2D eigenvalue weighted by molar-refractivity contribution is 0.178. The maximum Gasteiger partial charge on any atom is 0.163 e. The van der Waals surface area contributed by atoms with Gasteiger partial charge in [-0.3, -0.25) is 9.67 Å². The molecule has 24 heavy (non-hydrogen) atoms. The van der Waals surface area contributed by atoms with Crippen LogP contribution < -0.4 is 5.32 Å². The van der Waals surface area contributed by atoms with Crippen LogP contribution >= 0.6 is 0 Å². The first-order chi connectivity index (χ1) is 11.6. The molecule has 0 aliphatic carbocycles. The van der Waals surface area contributed by atoms with E-state index in [0.29, 0.717) is 12.4 Å². The zero-order chi connectivity index (χ0) is 17.1. The van der Waals surface area contributed by atoms with Crippen molar-refractivity contribution in [2.24, 2.45) is 7.05 Å². The number of ether oxygens (including phenoxy) is 1. The van der Waals surface area contributed by atoms with Gasteiger partial charge in [-0.15, -0.1) is 0 Å². The van der Waals surface area contributed by atoms with Gasteiger partial charge in [0.25, 0.3) is 0 Å². The average molecular weight is 326 g/mol. The molecule has 126 valence electrons. The predicted molar refractivity (Wildman–Crippen MR) is 92.8 cm³/mol. The normalized spacial score (nSPS) is 12.5. The highest BCUT2D eigenvalue weighted by atomic mass is 16.5. The number of aromatic nitrogens is 5. The van der Waals surface area contributed by atoms with Gasteiger partial charge in [0.2, 0.25) is 0 Å². The Balaban J connectivity index is 1.87. The van der Waals surface area contributed by atoms with E-state index >= 15 is 0 Å². The van der Waals surface area contributed by atoms with Crippen molar-refractivity contribution >= 4 is 16.9 Å². The smallest absolute Gasteiger partial charge is 0.163 e. The quantitative estimate of drug-likeness (QED) is 0.748. The Labute approximate surface area is 141 Å². The number of aryl methyl sites for hydroxylation is 2. The summed E-state index contributed by atoms with van der Waals surface area (Å²) in [4.78, 5) is 13.6. The second-order valence-corrected chi connectivity index (χ2v) is 5.94. The molecule has 3 heterocycles. The first kappa shape index (κ1) is 16.3. The van der Waals surface area contributed by atoms with E-state index in [9.17, 15) is 0 Å². The third kappa shape index (κ3) is 3.35. The van der Waals surface area contributed by atoms with Crippen molar-refractivity contribution in [3.8, 4) is 0 Å². The van der Waals surface area contributed by atoms with Crippen molar-refractivity contribution in [2.45, 2.75) is 32.9 Å². The molecule has 0 saturated heterocycles. The second-order valence-electron chi connectivity index (χ2n) is 5.94. The molecule has 0 saturated carbocycles. The van der Waals surface area contributed by atoms with Gasteiger partial charge in [0.05, 0.1) is 11.6 Å². The lowest BCUT2D eigenvalue weighted by atomic mass is 10.1. The van der Waals surface area contributed by atoms with Crippen molar-refractivity contribution < 1.29 is 4.74 Å². The first-order valence-electron chi connectivity index (χ1n) is 7.93. The molecular formula is C17H22N6O. The maximum atomic E-state index is 5.17. The molecule has 0 radical (unpaired) electrons. The van der Waals surface area contributed by atoms with Crippen molar-refractivity contribution in [1.82, 2.24) is 24.7 Å². The number of hydrogen-bond acceptors (Lipinski definition) is 6. The van der Waals surface area contributed by atoms with E-state index in [1.54, 1.807) is 18.0 Å². The van der Waals surface area contributed by atoms with E-state index in [1.165, 1.54) is 5.56 Å². The zero-order valence-electron chi connectivity index (χ0n) is 14.4. The van der Waals surface area contributed by atoms with Gasteiger partial charge in [-0.2, -0.15) is 5.10 Å². The van der Waals surface area contributed by atoms with Gasteiger partial charge < -0.3 is 10.1 Å². The molecule has 7 heteroatoms. The molecule has 0 bridgehead atoms. The minimum Gasteiger partial charge on any atom is -0.377 e. The summed E-state index contributed by atoms with van der Waals surface area (Å²) < 4.78 is 6.92. The summed E-state index contributed by atoms with van der Waals surface area (Å²) in [7, 11) is 3.51. The lowest BCUT2D eigenvalue weighted by Crippen LogP contribution is -2.21. The largest absolute Gasteiger partial charge is 0.377 e. The van der Waals surface area contributed by atoms with E-state index in [4.69, 9.17) is 4.74 Å². The molecule has 3 aromatic heterocycles. The van der Waals surface area contributed by atoms with Gasteiger partial charge in [-0.25, -0.2) is 9.97 Å². The fourth-order valence-corrected chi connectivity index (χ4v) is 2.68. The molecule has 1 atom stereocenters. The summed E-state index contributed by atoms with van der Waals surface area (Å²) in [5, 5.41) is 8.66. The molecule has 0 aromatic carbocycles. The van der Waals surface area contributed by atoms with Crippen LogP contribution in [0, 0.1) is 6.92 Å². The van der Waals surface area contributed by atoms with Crippen LogP contribution in [0.3, 0.4) is 0 Å². The van der Waals surface area contributed by atoms with Crippen LogP contribution in [0.5, 0.6) is 0 Å². The number of anilines is 1. The summed E-state index contributed by atoms with van der Waals surface area (Å²) in [6, 6.07) is 4.21. The molecule has 1 N–H and O–H groups in total. The fraction of sp³-hybridized carbons (Fsp3) is 0.412.